The van der Waals surface area contributed by atoms with Crippen molar-refractivity contribution in [3.05, 3.63) is 59.7 Å². The Bertz CT molecular complexity index is 799. The third-order valence-electron chi connectivity index (χ3n) is 4.75. The number of para-hydroxylation sites is 1. The van der Waals surface area contributed by atoms with Crippen molar-refractivity contribution in [1.82, 2.24) is 4.90 Å². The van der Waals surface area contributed by atoms with Gasteiger partial charge >= 0.3 is 6.18 Å². The van der Waals surface area contributed by atoms with Crippen molar-refractivity contribution < 1.29 is 13.2 Å². The number of thiocarbonyl (C=S) groups is 1. The van der Waals surface area contributed by atoms with E-state index in [2.05, 4.69) is 23.2 Å². The molecule has 0 aliphatic carbocycles. The first-order valence-corrected chi connectivity index (χ1v) is 9.35. The molecule has 0 unspecified atom stereocenters. The molecule has 0 amide bonds. The number of aryl methyl sites for hydroxylation is 1. The fraction of sp³-hybridized carbons (Fsp3) is 0.350. The molecule has 1 N–H and O–H groups in total. The Kier molecular flexibility index (Phi) is 5.89. The Hall–Kier alpha value is -2.28. The molecule has 0 spiro atoms. The fourth-order valence-corrected chi connectivity index (χ4v) is 3.48. The molecule has 1 saturated heterocycles. The largest absolute Gasteiger partial charge is 0.416 e. The Morgan fingerprint density at radius 1 is 1.04 bits per heavy atom. The number of rotatable bonds is 3. The molecule has 7 heteroatoms. The molecule has 0 atom stereocenters. The topological polar surface area (TPSA) is 18.5 Å². The summed E-state index contributed by atoms with van der Waals surface area (Å²) in [6.07, 6.45) is -3.41. The summed E-state index contributed by atoms with van der Waals surface area (Å²) in [4.78, 5) is 4.03. The normalized spacial score (nSPS) is 15.0. The van der Waals surface area contributed by atoms with Crippen LogP contribution in [0.4, 0.5) is 24.5 Å². The highest BCUT2D eigenvalue weighted by molar-refractivity contribution is 7.80. The van der Waals surface area contributed by atoms with Crippen molar-refractivity contribution in [2.24, 2.45) is 0 Å². The summed E-state index contributed by atoms with van der Waals surface area (Å²) in [5.74, 6) is 0. The monoisotopic (exact) mass is 393 g/mol. The van der Waals surface area contributed by atoms with Crippen LogP contribution in [0, 0.1) is 0 Å². The maximum absolute atomic E-state index is 12.9. The molecule has 0 aromatic heterocycles. The van der Waals surface area contributed by atoms with Crippen LogP contribution in [0.1, 0.15) is 18.1 Å². The van der Waals surface area contributed by atoms with Crippen LogP contribution >= 0.6 is 12.2 Å². The zero-order valence-corrected chi connectivity index (χ0v) is 15.9. The minimum Gasteiger partial charge on any atom is -0.368 e. The van der Waals surface area contributed by atoms with E-state index < -0.39 is 11.7 Å². The van der Waals surface area contributed by atoms with E-state index in [1.165, 1.54) is 17.7 Å². The number of halogens is 3. The summed E-state index contributed by atoms with van der Waals surface area (Å²) >= 11 is 5.54. The van der Waals surface area contributed by atoms with E-state index in [-0.39, 0.29) is 0 Å². The highest BCUT2D eigenvalue weighted by Gasteiger charge is 2.31. The van der Waals surface area contributed by atoms with Crippen LogP contribution in [-0.2, 0) is 12.6 Å². The summed E-state index contributed by atoms with van der Waals surface area (Å²) in [6.45, 7) is 4.67. The quantitative estimate of drug-likeness (QED) is 0.756. The Labute approximate surface area is 162 Å². The zero-order chi connectivity index (χ0) is 19.4. The number of alkyl halides is 3. The molecule has 27 heavy (non-hydrogen) atoms. The van der Waals surface area contributed by atoms with Gasteiger partial charge in [0.25, 0.3) is 0 Å². The standard InChI is InChI=1S/C20H22F3N3S/c1-2-15-6-3-4-9-18(15)24-19(27)26-12-10-25(11-13-26)17-8-5-7-16(14-17)20(21,22)23/h3-9,14H,2,10-13H2,1H3,(H,24,27). The Morgan fingerprint density at radius 2 is 1.74 bits per heavy atom. The van der Waals surface area contributed by atoms with E-state index in [4.69, 9.17) is 12.2 Å². The summed E-state index contributed by atoms with van der Waals surface area (Å²) in [6, 6.07) is 13.5. The molecule has 1 aliphatic heterocycles. The van der Waals surface area contributed by atoms with Gasteiger partial charge in [-0.05, 0) is 48.5 Å². The lowest BCUT2D eigenvalue weighted by Crippen LogP contribution is -2.50. The molecular weight excluding hydrogens is 371 g/mol. The van der Waals surface area contributed by atoms with Gasteiger partial charge in [-0.15, -0.1) is 0 Å². The van der Waals surface area contributed by atoms with Crippen molar-refractivity contribution in [3.8, 4) is 0 Å². The van der Waals surface area contributed by atoms with E-state index >= 15 is 0 Å². The second-order valence-electron chi connectivity index (χ2n) is 6.46. The lowest BCUT2D eigenvalue weighted by Gasteiger charge is -2.37. The van der Waals surface area contributed by atoms with E-state index in [0.717, 1.165) is 18.2 Å². The number of hydrogen-bond donors (Lipinski definition) is 1. The van der Waals surface area contributed by atoms with Crippen molar-refractivity contribution in [1.29, 1.82) is 0 Å². The van der Waals surface area contributed by atoms with Crippen molar-refractivity contribution in [3.63, 3.8) is 0 Å². The maximum atomic E-state index is 12.9. The summed E-state index contributed by atoms with van der Waals surface area (Å²) in [7, 11) is 0. The molecule has 1 heterocycles. The number of piperazine rings is 1. The number of anilines is 2. The fourth-order valence-electron chi connectivity index (χ4n) is 3.19. The molecule has 2 aromatic carbocycles. The Balaban J connectivity index is 1.61. The highest BCUT2D eigenvalue weighted by Crippen LogP contribution is 2.32. The molecule has 2 aromatic rings. The molecule has 1 aliphatic rings. The molecule has 0 radical (unpaired) electrons. The van der Waals surface area contributed by atoms with Crippen LogP contribution in [0.5, 0.6) is 0 Å². The van der Waals surface area contributed by atoms with E-state index in [1.54, 1.807) is 6.07 Å². The van der Waals surface area contributed by atoms with Crippen LogP contribution in [0.15, 0.2) is 48.5 Å². The molecule has 3 rings (SSSR count). The van der Waals surface area contributed by atoms with Crippen LogP contribution in [0.3, 0.4) is 0 Å². The zero-order valence-electron chi connectivity index (χ0n) is 15.1. The Morgan fingerprint density at radius 3 is 2.41 bits per heavy atom. The average Bonchev–Trinajstić information content (AvgIpc) is 2.68. The average molecular weight is 393 g/mol. The van der Waals surface area contributed by atoms with Gasteiger partial charge in [0, 0.05) is 37.6 Å². The van der Waals surface area contributed by atoms with Gasteiger partial charge < -0.3 is 15.1 Å². The van der Waals surface area contributed by atoms with Crippen molar-refractivity contribution in [2.75, 3.05) is 36.4 Å². The number of nitrogens with one attached hydrogen (secondary N) is 1. The highest BCUT2D eigenvalue weighted by atomic mass is 32.1. The third-order valence-corrected chi connectivity index (χ3v) is 5.11. The number of hydrogen-bond acceptors (Lipinski definition) is 2. The first-order chi connectivity index (χ1) is 12.9. The van der Waals surface area contributed by atoms with Crippen LogP contribution < -0.4 is 10.2 Å². The predicted octanol–water partition coefficient (Wildman–Crippen LogP) is 4.79. The molecule has 3 nitrogen and oxygen atoms in total. The van der Waals surface area contributed by atoms with E-state index in [0.29, 0.717) is 37.0 Å². The molecule has 0 saturated carbocycles. The second-order valence-corrected chi connectivity index (χ2v) is 6.85. The van der Waals surface area contributed by atoms with Crippen molar-refractivity contribution in [2.45, 2.75) is 19.5 Å². The molecular formula is C20H22F3N3S. The number of benzene rings is 2. The van der Waals surface area contributed by atoms with Gasteiger partial charge in [-0.25, -0.2) is 0 Å². The first kappa shape index (κ1) is 19.5. The van der Waals surface area contributed by atoms with E-state index in [1.807, 2.05) is 23.1 Å². The predicted molar refractivity (Wildman–Crippen MR) is 107 cm³/mol. The van der Waals surface area contributed by atoms with Gasteiger partial charge in [-0.1, -0.05) is 31.2 Å². The molecule has 144 valence electrons. The minimum atomic E-state index is -4.32. The van der Waals surface area contributed by atoms with E-state index in [9.17, 15) is 13.2 Å². The van der Waals surface area contributed by atoms with Crippen LogP contribution in [0.2, 0.25) is 0 Å². The molecule has 0 bridgehead atoms. The summed E-state index contributed by atoms with van der Waals surface area (Å²) < 4.78 is 38.8. The smallest absolute Gasteiger partial charge is 0.368 e. The molecule has 1 fully saturated rings. The van der Waals surface area contributed by atoms with Crippen molar-refractivity contribution >= 4 is 28.7 Å². The summed E-state index contributed by atoms with van der Waals surface area (Å²) in [5, 5.41) is 3.96. The van der Waals surface area contributed by atoms with Gasteiger partial charge in [0.2, 0.25) is 0 Å². The number of nitrogens with zero attached hydrogens (tertiary/aromatic N) is 2. The first-order valence-electron chi connectivity index (χ1n) is 8.94. The van der Waals surface area contributed by atoms with Gasteiger partial charge in [-0.2, -0.15) is 13.2 Å². The van der Waals surface area contributed by atoms with Crippen LogP contribution in [-0.4, -0.2) is 36.2 Å². The third kappa shape index (κ3) is 4.71. The van der Waals surface area contributed by atoms with Gasteiger partial charge in [-0.3, -0.25) is 0 Å². The lowest BCUT2D eigenvalue weighted by molar-refractivity contribution is -0.137. The minimum absolute atomic E-state index is 0.597. The summed E-state index contributed by atoms with van der Waals surface area (Å²) in [5.41, 5.74) is 2.18. The lowest BCUT2D eigenvalue weighted by atomic mass is 10.1. The van der Waals surface area contributed by atoms with Gasteiger partial charge in [0.15, 0.2) is 5.11 Å². The SMILES string of the molecule is CCc1ccccc1NC(=S)N1CCN(c2cccc(C(F)(F)F)c2)CC1. The maximum Gasteiger partial charge on any atom is 0.416 e. The van der Waals surface area contributed by atoms with Gasteiger partial charge in [0.1, 0.15) is 0 Å². The van der Waals surface area contributed by atoms with Crippen LogP contribution in [0.25, 0.3) is 0 Å². The van der Waals surface area contributed by atoms with Gasteiger partial charge in [0.05, 0.1) is 5.56 Å². The second kappa shape index (κ2) is 8.17.